The first-order valence-electron chi connectivity index (χ1n) is 7.27. The fraction of sp³-hybridized carbons (Fsp3) is 0.857. The van der Waals surface area contributed by atoms with Gasteiger partial charge in [-0.1, -0.05) is 13.8 Å². The minimum Gasteiger partial charge on any atom is -0.480 e. The zero-order valence-electron chi connectivity index (χ0n) is 12.5. The van der Waals surface area contributed by atoms with Crippen molar-refractivity contribution in [2.45, 2.75) is 52.2 Å². The number of aliphatic hydroxyl groups is 1. The molecule has 0 radical (unpaired) electrons. The Morgan fingerprint density at radius 2 is 1.80 bits per heavy atom. The van der Waals surface area contributed by atoms with Crippen molar-refractivity contribution in [3.8, 4) is 0 Å². The number of rotatable bonds is 5. The predicted octanol–water partition coefficient (Wildman–Crippen LogP) is 1.29. The number of urea groups is 1. The van der Waals surface area contributed by atoms with Crippen LogP contribution in [-0.2, 0) is 4.79 Å². The van der Waals surface area contributed by atoms with Crippen LogP contribution in [0.15, 0.2) is 0 Å². The molecule has 1 rings (SSSR count). The van der Waals surface area contributed by atoms with Gasteiger partial charge < -0.3 is 20.4 Å². The number of carboxylic acid groups (broad SMARTS) is 1. The molecule has 2 atom stereocenters. The Balaban J connectivity index is 2.48. The highest BCUT2D eigenvalue weighted by atomic mass is 16.4. The van der Waals surface area contributed by atoms with Crippen molar-refractivity contribution in [2.24, 2.45) is 11.8 Å². The third-order valence-corrected chi connectivity index (χ3v) is 3.81. The Kier molecular flexibility index (Phi) is 6.26. The number of likely N-dealkylation sites (tertiary alicyclic amines) is 1. The van der Waals surface area contributed by atoms with Crippen LogP contribution in [0.25, 0.3) is 0 Å². The lowest BCUT2D eigenvalue weighted by atomic mass is 9.92. The second-order valence-corrected chi connectivity index (χ2v) is 6.03. The Morgan fingerprint density at radius 1 is 1.25 bits per heavy atom. The SMILES string of the molecule is CC(C)C[C@@H](NC(=O)N1CCC(C(C)O)CC1)C(=O)O. The molecule has 1 heterocycles. The highest BCUT2D eigenvalue weighted by molar-refractivity contribution is 5.82. The molecule has 6 nitrogen and oxygen atoms in total. The van der Waals surface area contributed by atoms with Crippen molar-refractivity contribution in [3.05, 3.63) is 0 Å². The standard InChI is InChI=1S/C14H26N2O4/c1-9(2)8-12(13(18)19)15-14(20)16-6-4-11(5-7-16)10(3)17/h9-12,17H,4-8H2,1-3H3,(H,15,20)(H,18,19)/t10?,12-/m1/s1. The molecule has 0 saturated carbocycles. The molecule has 20 heavy (non-hydrogen) atoms. The lowest BCUT2D eigenvalue weighted by molar-refractivity contribution is -0.139. The molecule has 1 unspecified atom stereocenters. The van der Waals surface area contributed by atoms with Crippen molar-refractivity contribution in [1.82, 2.24) is 10.2 Å². The van der Waals surface area contributed by atoms with E-state index in [4.69, 9.17) is 5.11 Å². The Morgan fingerprint density at radius 3 is 2.20 bits per heavy atom. The second-order valence-electron chi connectivity index (χ2n) is 6.03. The fourth-order valence-electron chi connectivity index (χ4n) is 2.52. The van der Waals surface area contributed by atoms with Gasteiger partial charge in [-0.15, -0.1) is 0 Å². The van der Waals surface area contributed by atoms with Gasteiger partial charge in [0.25, 0.3) is 0 Å². The summed E-state index contributed by atoms with van der Waals surface area (Å²) in [6, 6.07) is -1.15. The molecule has 1 aliphatic heterocycles. The molecular weight excluding hydrogens is 260 g/mol. The summed E-state index contributed by atoms with van der Waals surface area (Å²) < 4.78 is 0. The van der Waals surface area contributed by atoms with E-state index >= 15 is 0 Å². The minimum atomic E-state index is -0.995. The maximum Gasteiger partial charge on any atom is 0.326 e. The number of nitrogens with one attached hydrogen (secondary N) is 1. The Hall–Kier alpha value is -1.30. The molecule has 0 aliphatic carbocycles. The number of aliphatic hydroxyl groups excluding tert-OH is 1. The van der Waals surface area contributed by atoms with E-state index < -0.39 is 12.0 Å². The maximum absolute atomic E-state index is 12.1. The number of aliphatic carboxylic acids is 1. The van der Waals surface area contributed by atoms with Gasteiger partial charge in [-0.2, -0.15) is 0 Å². The molecule has 2 amide bonds. The lowest BCUT2D eigenvalue weighted by Gasteiger charge is -2.34. The summed E-state index contributed by atoms with van der Waals surface area (Å²) in [5.41, 5.74) is 0. The second kappa shape index (κ2) is 7.47. The number of carbonyl (C=O) groups is 2. The predicted molar refractivity (Wildman–Crippen MR) is 75.4 cm³/mol. The number of carbonyl (C=O) groups excluding carboxylic acids is 1. The monoisotopic (exact) mass is 286 g/mol. The van der Waals surface area contributed by atoms with Crippen LogP contribution in [0, 0.1) is 11.8 Å². The molecule has 0 aromatic carbocycles. The van der Waals surface area contributed by atoms with Crippen LogP contribution >= 0.6 is 0 Å². The van der Waals surface area contributed by atoms with Gasteiger partial charge in [-0.25, -0.2) is 9.59 Å². The first-order chi connectivity index (χ1) is 9.31. The van der Waals surface area contributed by atoms with Gasteiger partial charge in [0.05, 0.1) is 6.10 Å². The molecular formula is C14H26N2O4. The molecule has 1 saturated heterocycles. The number of hydrogen-bond donors (Lipinski definition) is 3. The van der Waals surface area contributed by atoms with Gasteiger partial charge in [0.15, 0.2) is 0 Å². The van der Waals surface area contributed by atoms with E-state index in [-0.39, 0.29) is 24.0 Å². The van der Waals surface area contributed by atoms with E-state index in [1.165, 1.54) is 0 Å². The van der Waals surface area contributed by atoms with Crippen LogP contribution in [0.2, 0.25) is 0 Å². The van der Waals surface area contributed by atoms with E-state index in [1.807, 2.05) is 13.8 Å². The smallest absolute Gasteiger partial charge is 0.326 e. The Bertz CT molecular complexity index is 336. The number of nitrogens with zero attached hydrogens (tertiary/aromatic N) is 1. The summed E-state index contributed by atoms with van der Waals surface area (Å²) in [5, 5.41) is 21.2. The fourth-order valence-corrected chi connectivity index (χ4v) is 2.52. The van der Waals surface area contributed by atoms with Crippen LogP contribution < -0.4 is 5.32 Å². The van der Waals surface area contributed by atoms with Gasteiger partial charge >= 0.3 is 12.0 Å². The molecule has 3 N–H and O–H groups in total. The topological polar surface area (TPSA) is 89.9 Å². The van der Waals surface area contributed by atoms with E-state index in [9.17, 15) is 14.7 Å². The van der Waals surface area contributed by atoms with Crippen LogP contribution in [-0.4, -0.2) is 52.3 Å². The van der Waals surface area contributed by atoms with Crippen molar-refractivity contribution < 1.29 is 19.8 Å². The van der Waals surface area contributed by atoms with Crippen molar-refractivity contribution in [1.29, 1.82) is 0 Å². The molecule has 0 aromatic heterocycles. The lowest BCUT2D eigenvalue weighted by Crippen LogP contribution is -2.51. The summed E-state index contributed by atoms with van der Waals surface area (Å²) in [5.74, 6) is -0.562. The third kappa shape index (κ3) is 5.00. The molecule has 0 aromatic rings. The molecule has 116 valence electrons. The normalized spacial score (nSPS) is 19.8. The molecule has 1 aliphatic rings. The summed E-state index contributed by atoms with van der Waals surface area (Å²) in [4.78, 5) is 24.8. The summed E-state index contributed by atoms with van der Waals surface area (Å²) in [6.07, 6.45) is 1.58. The summed E-state index contributed by atoms with van der Waals surface area (Å²) in [6.45, 7) is 6.75. The van der Waals surface area contributed by atoms with Gasteiger partial charge in [-0.3, -0.25) is 0 Å². The van der Waals surface area contributed by atoms with E-state index in [0.29, 0.717) is 19.5 Å². The first kappa shape index (κ1) is 16.8. The third-order valence-electron chi connectivity index (χ3n) is 3.81. The quantitative estimate of drug-likeness (QED) is 0.710. The highest BCUT2D eigenvalue weighted by Gasteiger charge is 2.28. The number of amides is 2. The molecule has 0 spiro atoms. The van der Waals surface area contributed by atoms with Gasteiger partial charge in [-0.05, 0) is 38.0 Å². The average molecular weight is 286 g/mol. The first-order valence-corrected chi connectivity index (χ1v) is 7.27. The van der Waals surface area contributed by atoms with Gasteiger partial charge in [0.2, 0.25) is 0 Å². The summed E-state index contributed by atoms with van der Waals surface area (Å²) in [7, 11) is 0. The van der Waals surface area contributed by atoms with Crippen LogP contribution in [0.4, 0.5) is 4.79 Å². The van der Waals surface area contributed by atoms with Crippen molar-refractivity contribution in [3.63, 3.8) is 0 Å². The maximum atomic E-state index is 12.1. The van der Waals surface area contributed by atoms with Crippen LogP contribution in [0.3, 0.4) is 0 Å². The van der Waals surface area contributed by atoms with E-state index in [2.05, 4.69) is 5.32 Å². The van der Waals surface area contributed by atoms with E-state index in [0.717, 1.165) is 12.8 Å². The van der Waals surface area contributed by atoms with Crippen molar-refractivity contribution >= 4 is 12.0 Å². The van der Waals surface area contributed by atoms with Gasteiger partial charge in [0.1, 0.15) is 6.04 Å². The van der Waals surface area contributed by atoms with Gasteiger partial charge in [0, 0.05) is 13.1 Å². The number of hydrogen-bond acceptors (Lipinski definition) is 3. The Labute approximate surface area is 120 Å². The van der Waals surface area contributed by atoms with Crippen LogP contribution in [0.5, 0.6) is 0 Å². The number of carboxylic acids is 1. The molecule has 6 heteroatoms. The minimum absolute atomic E-state index is 0.206. The molecule has 1 fully saturated rings. The number of piperidine rings is 1. The van der Waals surface area contributed by atoms with Crippen LogP contribution in [0.1, 0.15) is 40.0 Å². The van der Waals surface area contributed by atoms with Crippen molar-refractivity contribution in [2.75, 3.05) is 13.1 Å². The average Bonchev–Trinajstić information content (AvgIpc) is 2.37. The zero-order chi connectivity index (χ0) is 15.3. The summed E-state index contributed by atoms with van der Waals surface area (Å²) >= 11 is 0. The van der Waals surface area contributed by atoms with E-state index in [1.54, 1.807) is 11.8 Å². The molecule has 0 bridgehead atoms. The largest absolute Gasteiger partial charge is 0.480 e. The zero-order valence-corrected chi connectivity index (χ0v) is 12.5. The highest BCUT2D eigenvalue weighted by Crippen LogP contribution is 2.20.